The Labute approximate surface area is 120 Å². The Morgan fingerprint density at radius 2 is 2.15 bits per heavy atom. The molecule has 1 aromatic carbocycles. The Morgan fingerprint density at radius 1 is 1.45 bits per heavy atom. The van der Waals surface area contributed by atoms with Crippen LogP contribution >= 0.6 is 0 Å². The van der Waals surface area contributed by atoms with E-state index in [4.69, 9.17) is 4.74 Å². The van der Waals surface area contributed by atoms with E-state index in [0.717, 1.165) is 24.7 Å². The van der Waals surface area contributed by atoms with Gasteiger partial charge in [0, 0.05) is 5.92 Å². The molecule has 0 spiro atoms. The molecule has 3 heteroatoms. The minimum atomic E-state index is -0.422. The average molecular weight is 274 g/mol. The molecule has 0 saturated heterocycles. The van der Waals surface area contributed by atoms with Gasteiger partial charge >= 0.3 is 5.97 Å². The lowest BCUT2D eigenvalue weighted by Crippen LogP contribution is -2.28. The highest BCUT2D eigenvalue weighted by atomic mass is 16.5. The molecule has 0 amide bonds. The van der Waals surface area contributed by atoms with Crippen molar-refractivity contribution in [3.8, 4) is 0 Å². The summed E-state index contributed by atoms with van der Waals surface area (Å²) in [7, 11) is 0. The molecule has 0 aliphatic heterocycles. The number of carbonyl (C=O) groups is 1. The van der Waals surface area contributed by atoms with Crippen LogP contribution in [0.2, 0.25) is 0 Å². The highest BCUT2D eigenvalue weighted by Gasteiger charge is 2.36. The predicted octanol–water partition coefficient (Wildman–Crippen LogP) is 3.85. The summed E-state index contributed by atoms with van der Waals surface area (Å²) in [6, 6.07) is 8.16. The fourth-order valence-electron chi connectivity index (χ4n) is 3.03. The third-order valence-electron chi connectivity index (χ3n) is 4.15. The maximum absolute atomic E-state index is 12.0. The first-order valence-corrected chi connectivity index (χ1v) is 7.12. The molecule has 1 atom stereocenters. The number of esters is 1. The molecule has 108 valence electrons. The summed E-state index contributed by atoms with van der Waals surface area (Å²) in [6.07, 6.45) is 2.73. The van der Waals surface area contributed by atoms with E-state index in [1.54, 1.807) is 6.92 Å². The third-order valence-corrected chi connectivity index (χ3v) is 4.15. The van der Waals surface area contributed by atoms with Crippen LogP contribution in [0.1, 0.15) is 50.7 Å². The van der Waals surface area contributed by atoms with Crippen LogP contribution in [0.15, 0.2) is 36.1 Å². The number of aliphatic hydroxyl groups is 1. The number of benzene rings is 1. The zero-order chi connectivity index (χ0) is 14.8. The second-order valence-electron chi connectivity index (χ2n) is 5.87. The lowest BCUT2D eigenvalue weighted by Gasteiger charge is -2.37. The van der Waals surface area contributed by atoms with Crippen LogP contribution in [0.4, 0.5) is 0 Å². The summed E-state index contributed by atoms with van der Waals surface area (Å²) in [6.45, 7) is 6.52. The van der Waals surface area contributed by atoms with Gasteiger partial charge in [0.15, 0.2) is 0 Å². The molecule has 0 bridgehead atoms. The van der Waals surface area contributed by atoms with E-state index in [1.807, 2.05) is 18.2 Å². The minimum absolute atomic E-state index is 0.0803. The van der Waals surface area contributed by atoms with Gasteiger partial charge in [0.2, 0.25) is 0 Å². The standard InChI is InChI=1S/C17H22O3/c1-4-20-16(19)14(11-18)12-9-10-17(2,3)15-8-6-5-7-13(12)15/h5-8,11-12,18H,4,9-10H2,1-3H3/b14-11+. The van der Waals surface area contributed by atoms with E-state index in [1.165, 1.54) is 5.56 Å². The molecule has 0 aromatic heterocycles. The number of rotatable bonds is 3. The molecular weight excluding hydrogens is 252 g/mol. The van der Waals surface area contributed by atoms with E-state index in [2.05, 4.69) is 19.9 Å². The van der Waals surface area contributed by atoms with Gasteiger partial charge in [0.05, 0.1) is 18.4 Å². The van der Waals surface area contributed by atoms with Crippen molar-refractivity contribution in [2.75, 3.05) is 6.61 Å². The normalized spacial score (nSPS) is 21.1. The first-order valence-electron chi connectivity index (χ1n) is 7.12. The van der Waals surface area contributed by atoms with E-state index in [9.17, 15) is 9.90 Å². The van der Waals surface area contributed by atoms with Crippen LogP contribution in [0, 0.1) is 0 Å². The summed E-state index contributed by atoms with van der Waals surface area (Å²) in [5.74, 6) is -0.502. The molecule has 1 aliphatic carbocycles. The van der Waals surface area contributed by atoms with Crippen LogP contribution in [0.5, 0.6) is 0 Å². The first-order chi connectivity index (χ1) is 9.51. The number of aliphatic hydroxyl groups excluding tert-OH is 1. The smallest absolute Gasteiger partial charge is 0.337 e. The van der Waals surface area contributed by atoms with E-state index < -0.39 is 5.97 Å². The Bertz CT molecular complexity index is 529. The number of hydrogen-bond acceptors (Lipinski definition) is 3. The first kappa shape index (κ1) is 14.6. The quantitative estimate of drug-likeness (QED) is 0.517. The predicted molar refractivity (Wildman–Crippen MR) is 78.8 cm³/mol. The van der Waals surface area contributed by atoms with E-state index in [-0.39, 0.29) is 11.3 Å². The lowest BCUT2D eigenvalue weighted by atomic mass is 9.67. The van der Waals surface area contributed by atoms with Gasteiger partial charge in [0.1, 0.15) is 0 Å². The van der Waals surface area contributed by atoms with Gasteiger partial charge in [0.25, 0.3) is 0 Å². The fourth-order valence-corrected chi connectivity index (χ4v) is 3.03. The van der Waals surface area contributed by atoms with Gasteiger partial charge in [-0.25, -0.2) is 4.79 Å². The summed E-state index contributed by atoms with van der Waals surface area (Å²) in [5.41, 5.74) is 2.83. The highest BCUT2D eigenvalue weighted by molar-refractivity contribution is 5.90. The number of carbonyl (C=O) groups excluding carboxylic acids is 1. The maximum atomic E-state index is 12.0. The topological polar surface area (TPSA) is 46.5 Å². The van der Waals surface area contributed by atoms with Gasteiger partial charge in [-0.2, -0.15) is 0 Å². The molecule has 1 N–H and O–H groups in total. The van der Waals surface area contributed by atoms with Gasteiger partial charge in [-0.15, -0.1) is 0 Å². The average Bonchev–Trinajstić information content (AvgIpc) is 2.43. The molecule has 2 rings (SSSR count). The Kier molecular flexibility index (Phi) is 4.17. The van der Waals surface area contributed by atoms with Crippen LogP contribution in [-0.2, 0) is 14.9 Å². The second-order valence-corrected chi connectivity index (χ2v) is 5.87. The minimum Gasteiger partial charge on any atom is -0.515 e. The summed E-state index contributed by atoms with van der Waals surface area (Å²) < 4.78 is 5.05. The Morgan fingerprint density at radius 3 is 2.80 bits per heavy atom. The Hall–Kier alpha value is -1.77. The molecule has 1 aromatic rings. The van der Waals surface area contributed by atoms with Crippen LogP contribution in [-0.4, -0.2) is 17.7 Å². The van der Waals surface area contributed by atoms with Crippen LogP contribution in [0.25, 0.3) is 0 Å². The highest BCUT2D eigenvalue weighted by Crippen LogP contribution is 2.45. The van der Waals surface area contributed by atoms with E-state index in [0.29, 0.717) is 12.2 Å². The van der Waals surface area contributed by atoms with Crippen molar-refractivity contribution in [2.24, 2.45) is 0 Å². The molecule has 20 heavy (non-hydrogen) atoms. The lowest BCUT2D eigenvalue weighted by molar-refractivity contribution is -0.139. The molecule has 1 aliphatic rings. The molecular formula is C17H22O3. The van der Waals surface area contributed by atoms with Crippen LogP contribution in [0.3, 0.4) is 0 Å². The van der Waals surface area contributed by atoms with Gasteiger partial charge in [-0.3, -0.25) is 0 Å². The molecule has 0 heterocycles. The SMILES string of the molecule is CCOC(=O)/C(=C/O)C1CCC(C)(C)c2ccccc21. The zero-order valence-corrected chi connectivity index (χ0v) is 12.3. The largest absolute Gasteiger partial charge is 0.515 e. The fraction of sp³-hybridized carbons (Fsp3) is 0.471. The van der Waals surface area contributed by atoms with Gasteiger partial charge in [-0.05, 0) is 36.3 Å². The van der Waals surface area contributed by atoms with Crippen molar-refractivity contribution in [3.63, 3.8) is 0 Å². The van der Waals surface area contributed by atoms with Crippen molar-refractivity contribution < 1.29 is 14.6 Å². The summed E-state index contributed by atoms with van der Waals surface area (Å²) in [4.78, 5) is 12.0. The van der Waals surface area contributed by atoms with Crippen molar-refractivity contribution in [1.29, 1.82) is 0 Å². The van der Waals surface area contributed by atoms with Gasteiger partial charge < -0.3 is 9.84 Å². The van der Waals surface area contributed by atoms with Gasteiger partial charge in [-0.1, -0.05) is 38.1 Å². The second kappa shape index (κ2) is 5.70. The zero-order valence-electron chi connectivity index (χ0n) is 12.3. The molecule has 1 unspecified atom stereocenters. The molecule has 0 saturated carbocycles. The van der Waals surface area contributed by atoms with Crippen molar-refractivity contribution >= 4 is 5.97 Å². The summed E-state index contributed by atoms with van der Waals surface area (Å²) in [5, 5.41) is 9.47. The summed E-state index contributed by atoms with van der Waals surface area (Å²) >= 11 is 0. The molecule has 0 fully saturated rings. The maximum Gasteiger partial charge on any atom is 0.337 e. The van der Waals surface area contributed by atoms with E-state index >= 15 is 0 Å². The Balaban J connectivity index is 2.42. The number of ether oxygens (including phenoxy) is 1. The number of fused-ring (bicyclic) bond motifs is 1. The molecule has 0 radical (unpaired) electrons. The third kappa shape index (κ3) is 2.58. The van der Waals surface area contributed by atoms with Crippen molar-refractivity contribution in [3.05, 3.63) is 47.2 Å². The van der Waals surface area contributed by atoms with Crippen molar-refractivity contribution in [1.82, 2.24) is 0 Å². The number of hydrogen-bond donors (Lipinski definition) is 1. The monoisotopic (exact) mass is 274 g/mol. The molecule has 3 nitrogen and oxygen atoms in total. The van der Waals surface area contributed by atoms with Crippen molar-refractivity contribution in [2.45, 2.75) is 44.9 Å². The van der Waals surface area contributed by atoms with Crippen LogP contribution < -0.4 is 0 Å².